The number of para-hydroxylation sites is 1. The van der Waals surface area contributed by atoms with Crippen molar-refractivity contribution in [2.75, 3.05) is 47.8 Å². The first-order chi connectivity index (χ1) is 20.3. The lowest BCUT2D eigenvalue weighted by atomic mass is 9.94. The van der Waals surface area contributed by atoms with Crippen molar-refractivity contribution in [2.24, 2.45) is 4.99 Å². The van der Waals surface area contributed by atoms with Gasteiger partial charge in [0.25, 0.3) is 5.56 Å². The van der Waals surface area contributed by atoms with Crippen LogP contribution in [0.4, 0.5) is 0 Å². The van der Waals surface area contributed by atoms with Crippen LogP contribution in [-0.4, -0.2) is 58.3 Å². The van der Waals surface area contributed by atoms with Crippen LogP contribution < -0.4 is 33.8 Å². The fourth-order valence-corrected chi connectivity index (χ4v) is 6.56. The molecule has 12 heteroatoms. The van der Waals surface area contributed by atoms with Crippen molar-refractivity contribution in [3.8, 4) is 23.0 Å². The number of thiazole rings is 1. The molecule has 0 bridgehead atoms. The maximum atomic E-state index is 14.1. The first-order valence-corrected chi connectivity index (χ1v) is 15.2. The molecule has 2 heterocycles. The first kappa shape index (κ1) is 31.6. The number of esters is 1. The number of nitrogens with zero attached hydrogens (tertiary/aromatic N) is 2. The van der Waals surface area contributed by atoms with Crippen LogP contribution in [-0.2, 0) is 14.3 Å². The zero-order chi connectivity index (χ0) is 30.4. The predicted octanol–water partition coefficient (Wildman–Crippen LogP) is 3.84. The van der Waals surface area contributed by atoms with E-state index in [1.54, 1.807) is 39.4 Å². The zero-order valence-corrected chi connectivity index (χ0v) is 27.3. The highest BCUT2D eigenvalue weighted by atomic mass is 127. The molecular weight excluding hydrogens is 675 g/mol. The molecule has 0 spiro atoms. The Hall–Kier alpha value is -3.36. The molecule has 0 N–H and O–H groups in total. The van der Waals surface area contributed by atoms with Gasteiger partial charge in [-0.05, 0) is 73.2 Å². The molecule has 42 heavy (non-hydrogen) atoms. The maximum Gasteiger partial charge on any atom is 0.338 e. The number of hydrogen-bond acceptors (Lipinski definition) is 10. The molecule has 1 atom stereocenters. The van der Waals surface area contributed by atoms with Gasteiger partial charge in [0.05, 0.1) is 53.4 Å². The van der Waals surface area contributed by atoms with Crippen LogP contribution in [0.3, 0.4) is 0 Å². The largest absolute Gasteiger partial charge is 0.493 e. The molecule has 3 aromatic rings. The van der Waals surface area contributed by atoms with Gasteiger partial charge in [-0.3, -0.25) is 9.36 Å². The number of fused-ring (bicyclic) bond motifs is 1. The molecule has 10 nitrogen and oxygen atoms in total. The van der Waals surface area contributed by atoms with Gasteiger partial charge in [-0.2, -0.15) is 0 Å². The van der Waals surface area contributed by atoms with Gasteiger partial charge in [0.15, 0.2) is 27.8 Å². The van der Waals surface area contributed by atoms with Gasteiger partial charge < -0.3 is 28.4 Å². The van der Waals surface area contributed by atoms with E-state index in [1.165, 1.54) is 23.0 Å². The summed E-state index contributed by atoms with van der Waals surface area (Å²) in [6.45, 7) is 6.58. The van der Waals surface area contributed by atoms with Crippen molar-refractivity contribution in [2.45, 2.75) is 26.8 Å². The van der Waals surface area contributed by atoms with E-state index in [0.29, 0.717) is 56.8 Å². The normalized spacial score (nSPS) is 14.7. The van der Waals surface area contributed by atoms with Crippen LogP contribution in [0, 0.1) is 3.57 Å². The molecule has 0 amide bonds. The number of carbonyl (C=O) groups excluding carboxylic acids is 1. The molecule has 0 radical (unpaired) electrons. The summed E-state index contributed by atoms with van der Waals surface area (Å²) in [4.78, 5) is 32.8. The van der Waals surface area contributed by atoms with E-state index in [9.17, 15) is 9.59 Å². The van der Waals surface area contributed by atoms with Gasteiger partial charge in [-0.25, -0.2) is 9.79 Å². The van der Waals surface area contributed by atoms with Gasteiger partial charge in [-0.1, -0.05) is 23.5 Å². The van der Waals surface area contributed by atoms with Crippen molar-refractivity contribution < 1.29 is 33.2 Å². The van der Waals surface area contributed by atoms with E-state index in [-0.39, 0.29) is 24.3 Å². The van der Waals surface area contributed by atoms with Crippen molar-refractivity contribution >= 4 is 46.0 Å². The molecule has 0 unspecified atom stereocenters. The standard InChI is InChI=1S/C30H33IN2O8S/c1-7-39-22-15-18(14-20(31)27(22)38-6)16-23-28(34)33-25(19-10-9-11-21(37-5)26(19)40-8-2)24(17(3)32-30(33)42-23)29(35)41-13-12-36-4/h9-11,14-16,25H,7-8,12-13H2,1-6H3/b23-16+/t25-/m0/s1. The molecule has 1 aliphatic heterocycles. The van der Waals surface area contributed by atoms with Gasteiger partial charge in [0.2, 0.25) is 0 Å². The maximum absolute atomic E-state index is 14.1. The van der Waals surface area contributed by atoms with Crippen molar-refractivity contribution in [1.29, 1.82) is 0 Å². The Morgan fingerprint density at radius 1 is 1.05 bits per heavy atom. The summed E-state index contributed by atoms with van der Waals surface area (Å²) in [7, 11) is 4.66. The van der Waals surface area contributed by atoms with Crippen LogP contribution >= 0.6 is 33.9 Å². The number of ether oxygens (including phenoxy) is 6. The second-order valence-electron chi connectivity index (χ2n) is 8.99. The van der Waals surface area contributed by atoms with Crippen LogP contribution in [0.25, 0.3) is 6.08 Å². The Bertz CT molecular complexity index is 1680. The number of methoxy groups -OCH3 is 3. The Morgan fingerprint density at radius 3 is 2.48 bits per heavy atom. The van der Waals surface area contributed by atoms with Crippen LogP contribution in [0.2, 0.25) is 0 Å². The number of halogens is 1. The molecule has 224 valence electrons. The molecule has 4 rings (SSSR count). The third kappa shape index (κ3) is 6.35. The predicted molar refractivity (Wildman–Crippen MR) is 168 cm³/mol. The summed E-state index contributed by atoms with van der Waals surface area (Å²) in [5.41, 5.74) is 1.70. The van der Waals surface area contributed by atoms with E-state index in [4.69, 9.17) is 28.4 Å². The number of carbonyl (C=O) groups is 1. The highest BCUT2D eigenvalue weighted by Gasteiger charge is 2.36. The highest BCUT2D eigenvalue weighted by Crippen LogP contribution is 2.41. The summed E-state index contributed by atoms with van der Waals surface area (Å²) in [5, 5.41) is 0. The topological polar surface area (TPSA) is 107 Å². The average molecular weight is 709 g/mol. The Morgan fingerprint density at radius 2 is 1.81 bits per heavy atom. The van der Waals surface area contributed by atoms with Crippen molar-refractivity contribution in [1.82, 2.24) is 4.57 Å². The van der Waals surface area contributed by atoms with E-state index >= 15 is 0 Å². The van der Waals surface area contributed by atoms with Gasteiger partial charge >= 0.3 is 5.97 Å². The second kappa shape index (κ2) is 14.2. The molecule has 0 aliphatic carbocycles. The number of benzene rings is 2. The third-order valence-corrected chi connectivity index (χ3v) is 8.19. The van der Waals surface area contributed by atoms with E-state index in [1.807, 2.05) is 32.0 Å². The Labute approximate surface area is 261 Å². The lowest BCUT2D eigenvalue weighted by Crippen LogP contribution is -2.40. The number of hydrogen-bond donors (Lipinski definition) is 0. The minimum atomic E-state index is -0.870. The molecule has 1 aliphatic rings. The first-order valence-electron chi connectivity index (χ1n) is 13.3. The monoisotopic (exact) mass is 708 g/mol. The summed E-state index contributed by atoms with van der Waals surface area (Å²) < 4.78 is 36.3. The quantitative estimate of drug-likeness (QED) is 0.159. The van der Waals surface area contributed by atoms with Crippen LogP contribution in [0.5, 0.6) is 23.0 Å². The Kier molecular flexibility index (Phi) is 10.7. The fraction of sp³-hybridized carbons (Fsp3) is 0.367. The summed E-state index contributed by atoms with van der Waals surface area (Å²) in [6.07, 6.45) is 1.79. The van der Waals surface area contributed by atoms with Gasteiger partial charge in [-0.15, -0.1) is 0 Å². The Balaban J connectivity index is 1.96. The number of aromatic nitrogens is 1. The van der Waals surface area contributed by atoms with Crippen molar-refractivity contribution in [3.63, 3.8) is 0 Å². The minimum Gasteiger partial charge on any atom is -0.493 e. The van der Waals surface area contributed by atoms with Gasteiger partial charge in [0.1, 0.15) is 12.6 Å². The number of allylic oxidation sites excluding steroid dienone is 1. The third-order valence-electron chi connectivity index (χ3n) is 6.41. The summed E-state index contributed by atoms with van der Waals surface area (Å²) in [6, 6.07) is 8.26. The van der Waals surface area contributed by atoms with Crippen LogP contribution in [0.15, 0.2) is 51.4 Å². The second-order valence-corrected chi connectivity index (χ2v) is 11.2. The molecule has 0 fully saturated rings. The summed E-state index contributed by atoms with van der Waals surface area (Å²) >= 11 is 3.41. The molecule has 1 aromatic heterocycles. The lowest BCUT2D eigenvalue weighted by molar-refractivity contribution is -0.140. The smallest absolute Gasteiger partial charge is 0.338 e. The SMILES string of the molecule is CCOc1cc(/C=c2/sc3n(c2=O)[C@@H](c2cccc(OC)c2OCC)C(C(=O)OCCOC)=C(C)N=3)cc(I)c1OC. The summed E-state index contributed by atoms with van der Waals surface area (Å²) in [5.74, 6) is 1.53. The lowest BCUT2D eigenvalue weighted by Gasteiger charge is -2.27. The fourth-order valence-electron chi connectivity index (χ4n) is 4.66. The van der Waals surface area contributed by atoms with E-state index in [2.05, 4.69) is 27.6 Å². The van der Waals surface area contributed by atoms with Gasteiger partial charge in [0, 0.05) is 12.7 Å². The zero-order valence-electron chi connectivity index (χ0n) is 24.3. The highest BCUT2D eigenvalue weighted by molar-refractivity contribution is 14.1. The van der Waals surface area contributed by atoms with E-state index < -0.39 is 12.0 Å². The molecular formula is C30H33IN2O8S. The number of rotatable bonds is 12. The molecule has 0 saturated heterocycles. The van der Waals surface area contributed by atoms with E-state index in [0.717, 1.165) is 9.13 Å². The molecule has 0 saturated carbocycles. The average Bonchev–Trinajstić information content (AvgIpc) is 3.26. The van der Waals surface area contributed by atoms with Crippen molar-refractivity contribution in [3.05, 3.63) is 76.0 Å². The molecule has 2 aromatic carbocycles. The van der Waals surface area contributed by atoms with Crippen LogP contribution in [0.1, 0.15) is 37.9 Å². The minimum absolute atomic E-state index is 0.0535.